The molecule has 0 spiro atoms. The molecule has 4 heteroatoms. The molecule has 9 aromatic rings. The van der Waals surface area contributed by atoms with Gasteiger partial charge in [-0.3, -0.25) is 9.97 Å². The van der Waals surface area contributed by atoms with Crippen LogP contribution < -0.4 is 0 Å². The predicted octanol–water partition coefficient (Wildman–Crippen LogP) is 11.6. The molecule has 3 aromatic heterocycles. The molecule has 9 rings (SSSR count). The molecule has 0 aliphatic carbocycles. The van der Waals surface area contributed by atoms with Gasteiger partial charge in [0.15, 0.2) is 5.82 Å². The van der Waals surface area contributed by atoms with E-state index in [1.54, 1.807) is 12.4 Å². The van der Waals surface area contributed by atoms with Gasteiger partial charge >= 0.3 is 0 Å². The average molecular weight is 639 g/mol. The van der Waals surface area contributed by atoms with E-state index in [1.165, 1.54) is 38.2 Å². The minimum absolute atomic E-state index is 0.625. The average Bonchev–Trinajstić information content (AvgIpc) is 3.20. The van der Waals surface area contributed by atoms with Crippen molar-refractivity contribution >= 4 is 21.5 Å². The van der Waals surface area contributed by atoms with Crippen LogP contribution in [0.2, 0.25) is 0 Å². The summed E-state index contributed by atoms with van der Waals surface area (Å²) in [7, 11) is 0. The molecule has 50 heavy (non-hydrogen) atoms. The Morgan fingerprint density at radius 3 is 1.46 bits per heavy atom. The summed E-state index contributed by atoms with van der Waals surface area (Å²) in [6.07, 6.45) is 7.28. The third-order valence-electron chi connectivity index (χ3n) is 9.26. The van der Waals surface area contributed by atoms with Crippen LogP contribution in [0.25, 0.3) is 88.8 Å². The van der Waals surface area contributed by atoms with Crippen LogP contribution in [-0.4, -0.2) is 19.9 Å². The summed E-state index contributed by atoms with van der Waals surface area (Å²) < 4.78 is 0. The molecule has 0 saturated heterocycles. The van der Waals surface area contributed by atoms with Crippen LogP contribution in [0, 0.1) is 0 Å². The van der Waals surface area contributed by atoms with E-state index >= 15 is 0 Å². The SMILES string of the molecule is c1ccc(-c2c3ccccc3c(-c3cccc(-c4cc(-c5ccccc5-c5cccnc5)nc(-c5cccnc5)n4)c3)c3ccccc23)cc1. The van der Waals surface area contributed by atoms with Gasteiger partial charge in [0.05, 0.1) is 11.4 Å². The maximum Gasteiger partial charge on any atom is 0.161 e. The van der Waals surface area contributed by atoms with Crippen molar-refractivity contribution in [1.29, 1.82) is 0 Å². The van der Waals surface area contributed by atoms with Crippen LogP contribution in [0.1, 0.15) is 0 Å². The van der Waals surface area contributed by atoms with Crippen LogP contribution in [0.4, 0.5) is 0 Å². The number of hydrogen-bond donors (Lipinski definition) is 0. The van der Waals surface area contributed by atoms with E-state index in [2.05, 4.69) is 149 Å². The van der Waals surface area contributed by atoms with Crippen molar-refractivity contribution < 1.29 is 0 Å². The molecule has 0 aliphatic rings. The van der Waals surface area contributed by atoms with Crippen molar-refractivity contribution in [3.8, 4) is 67.3 Å². The van der Waals surface area contributed by atoms with Gasteiger partial charge in [-0.25, -0.2) is 9.97 Å². The normalized spacial score (nSPS) is 11.2. The van der Waals surface area contributed by atoms with Crippen molar-refractivity contribution in [2.75, 3.05) is 0 Å². The largest absolute Gasteiger partial charge is 0.264 e. The fraction of sp³-hybridized carbons (Fsp3) is 0. The molecule has 6 aromatic carbocycles. The first-order valence-corrected chi connectivity index (χ1v) is 16.7. The third-order valence-corrected chi connectivity index (χ3v) is 9.26. The third kappa shape index (κ3) is 5.29. The highest BCUT2D eigenvalue weighted by atomic mass is 14.9. The first-order chi connectivity index (χ1) is 24.8. The molecule has 0 radical (unpaired) electrons. The van der Waals surface area contributed by atoms with Gasteiger partial charge < -0.3 is 0 Å². The quantitative estimate of drug-likeness (QED) is 0.170. The smallest absolute Gasteiger partial charge is 0.161 e. The van der Waals surface area contributed by atoms with Gasteiger partial charge in [0.1, 0.15) is 0 Å². The lowest BCUT2D eigenvalue weighted by Gasteiger charge is -2.18. The van der Waals surface area contributed by atoms with E-state index in [0.717, 1.165) is 44.8 Å². The van der Waals surface area contributed by atoms with Crippen LogP contribution in [-0.2, 0) is 0 Å². The van der Waals surface area contributed by atoms with Gasteiger partial charge in [0, 0.05) is 47.0 Å². The van der Waals surface area contributed by atoms with Crippen molar-refractivity contribution in [2.45, 2.75) is 0 Å². The lowest BCUT2D eigenvalue weighted by atomic mass is 9.85. The number of pyridine rings is 2. The molecule has 0 N–H and O–H groups in total. The maximum atomic E-state index is 5.15. The van der Waals surface area contributed by atoms with Gasteiger partial charge in [0.2, 0.25) is 0 Å². The summed E-state index contributed by atoms with van der Waals surface area (Å²) in [6.45, 7) is 0. The second kappa shape index (κ2) is 12.7. The number of hydrogen-bond acceptors (Lipinski definition) is 4. The molecule has 0 bridgehead atoms. The molecule has 0 atom stereocenters. The highest BCUT2D eigenvalue weighted by molar-refractivity contribution is 6.21. The van der Waals surface area contributed by atoms with E-state index in [4.69, 9.17) is 9.97 Å². The molecular formula is C46H30N4. The number of benzene rings is 6. The zero-order chi connectivity index (χ0) is 33.3. The Bertz CT molecular complexity index is 2580. The molecule has 0 aliphatic heterocycles. The second-order valence-electron chi connectivity index (χ2n) is 12.3. The Morgan fingerprint density at radius 1 is 0.320 bits per heavy atom. The van der Waals surface area contributed by atoms with E-state index in [1.807, 2.05) is 30.6 Å². The Hall–Kier alpha value is -6.78. The van der Waals surface area contributed by atoms with Crippen LogP contribution in [0.15, 0.2) is 183 Å². The molecular weight excluding hydrogens is 609 g/mol. The number of nitrogens with zero attached hydrogens (tertiary/aromatic N) is 4. The van der Waals surface area contributed by atoms with Crippen molar-refractivity contribution in [3.05, 3.63) is 183 Å². The lowest BCUT2D eigenvalue weighted by Crippen LogP contribution is -1.97. The first-order valence-electron chi connectivity index (χ1n) is 16.7. The second-order valence-corrected chi connectivity index (χ2v) is 12.3. The zero-order valence-electron chi connectivity index (χ0n) is 27.1. The standard InChI is InChI=1S/C46H30N4/c1-2-13-31(14-3-1)44-38-21-6-8-23-40(38)45(41-24-9-7-22-39(41)44)33-16-10-15-32(27-33)42-28-43(50-46(49-42)35-18-12-26-48-30-35)37-20-5-4-19-36(37)34-17-11-25-47-29-34/h1-30H. The molecule has 0 saturated carbocycles. The Morgan fingerprint density at radius 2 is 0.820 bits per heavy atom. The molecule has 4 nitrogen and oxygen atoms in total. The zero-order valence-corrected chi connectivity index (χ0v) is 27.1. The molecule has 0 amide bonds. The van der Waals surface area contributed by atoms with E-state index < -0.39 is 0 Å². The van der Waals surface area contributed by atoms with E-state index in [-0.39, 0.29) is 0 Å². The summed E-state index contributed by atoms with van der Waals surface area (Å²) in [5.41, 5.74) is 11.5. The first kappa shape index (κ1) is 29.4. The van der Waals surface area contributed by atoms with Crippen LogP contribution in [0.3, 0.4) is 0 Å². The number of rotatable bonds is 6. The summed E-state index contributed by atoms with van der Waals surface area (Å²) in [5, 5.41) is 4.89. The van der Waals surface area contributed by atoms with Crippen molar-refractivity contribution in [3.63, 3.8) is 0 Å². The van der Waals surface area contributed by atoms with Crippen LogP contribution >= 0.6 is 0 Å². The van der Waals surface area contributed by atoms with Gasteiger partial charge in [-0.15, -0.1) is 0 Å². The van der Waals surface area contributed by atoms with Crippen LogP contribution in [0.5, 0.6) is 0 Å². The monoisotopic (exact) mass is 638 g/mol. The van der Waals surface area contributed by atoms with E-state index in [0.29, 0.717) is 5.82 Å². The highest BCUT2D eigenvalue weighted by Gasteiger charge is 2.18. The van der Waals surface area contributed by atoms with Gasteiger partial charge in [0.25, 0.3) is 0 Å². The fourth-order valence-corrected chi connectivity index (χ4v) is 7.03. The molecule has 0 fully saturated rings. The summed E-state index contributed by atoms with van der Waals surface area (Å²) in [6, 6.07) is 55.4. The maximum absolute atomic E-state index is 5.15. The molecule has 234 valence electrons. The number of fused-ring (bicyclic) bond motifs is 2. The Kier molecular flexibility index (Phi) is 7.45. The number of aromatic nitrogens is 4. The summed E-state index contributed by atoms with van der Waals surface area (Å²) >= 11 is 0. The van der Waals surface area contributed by atoms with Crippen molar-refractivity contribution in [1.82, 2.24) is 19.9 Å². The summed E-state index contributed by atoms with van der Waals surface area (Å²) in [5.74, 6) is 0.625. The minimum atomic E-state index is 0.625. The predicted molar refractivity (Wildman–Crippen MR) is 205 cm³/mol. The minimum Gasteiger partial charge on any atom is -0.264 e. The Labute approximate surface area is 290 Å². The lowest BCUT2D eigenvalue weighted by molar-refractivity contribution is 1.17. The Balaban J connectivity index is 1.26. The topological polar surface area (TPSA) is 51.6 Å². The fourth-order valence-electron chi connectivity index (χ4n) is 7.03. The highest BCUT2D eigenvalue weighted by Crippen LogP contribution is 2.44. The summed E-state index contributed by atoms with van der Waals surface area (Å²) in [4.78, 5) is 19.0. The van der Waals surface area contributed by atoms with Gasteiger partial charge in [-0.2, -0.15) is 0 Å². The van der Waals surface area contributed by atoms with Gasteiger partial charge in [-0.05, 0) is 79.7 Å². The van der Waals surface area contributed by atoms with E-state index in [9.17, 15) is 0 Å². The van der Waals surface area contributed by atoms with Gasteiger partial charge in [-0.1, -0.05) is 127 Å². The molecule has 0 unspecified atom stereocenters. The molecule has 3 heterocycles. The van der Waals surface area contributed by atoms with Crippen molar-refractivity contribution in [2.24, 2.45) is 0 Å².